The Morgan fingerprint density at radius 3 is 2.72 bits per heavy atom. The second kappa shape index (κ2) is 8.23. The highest BCUT2D eigenvalue weighted by Crippen LogP contribution is 2.25. The van der Waals surface area contributed by atoms with E-state index in [0.717, 1.165) is 23.0 Å². The van der Waals surface area contributed by atoms with Crippen LogP contribution < -0.4 is 5.32 Å². The van der Waals surface area contributed by atoms with Gasteiger partial charge in [0, 0.05) is 23.7 Å². The van der Waals surface area contributed by atoms with Gasteiger partial charge in [-0.3, -0.25) is 4.79 Å². The second-order valence-corrected chi connectivity index (χ2v) is 7.98. The number of amides is 1. The van der Waals surface area contributed by atoms with Gasteiger partial charge in [-0.2, -0.15) is 0 Å². The number of aromatic nitrogens is 3. The van der Waals surface area contributed by atoms with Crippen LogP contribution in [0, 0.1) is 5.92 Å². The zero-order valence-electron chi connectivity index (χ0n) is 14.5. The summed E-state index contributed by atoms with van der Waals surface area (Å²) in [6, 6.07) is 7.80. The zero-order chi connectivity index (χ0) is 17.8. The molecule has 0 saturated heterocycles. The molecule has 2 aromatic rings. The van der Waals surface area contributed by atoms with Crippen LogP contribution in [0.2, 0.25) is 5.02 Å². The van der Waals surface area contributed by atoms with Crippen molar-refractivity contribution in [1.82, 2.24) is 20.1 Å². The molecule has 1 heterocycles. The number of rotatable bonds is 5. The minimum absolute atomic E-state index is 0.0693. The molecule has 1 aliphatic carbocycles. The Morgan fingerprint density at radius 1 is 1.28 bits per heavy atom. The van der Waals surface area contributed by atoms with Gasteiger partial charge in [-0.1, -0.05) is 43.1 Å². The smallest absolute Gasteiger partial charge is 0.230 e. The van der Waals surface area contributed by atoms with Gasteiger partial charge in [-0.25, -0.2) is 0 Å². The Labute approximate surface area is 157 Å². The lowest BCUT2D eigenvalue weighted by atomic mass is 9.86. The van der Waals surface area contributed by atoms with Crippen LogP contribution in [0.1, 0.15) is 32.6 Å². The Kier molecular flexibility index (Phi) is 6.02. The molecule has 0 spiro atoms. The third kappa shape index (κ3) is 4.55. The van der Waals surface area contributed by atoms with Crippen LogP contribution in [0.4, 0.5) is 0 Å². The molecule has 1 aromatic carbocycles. The molecule has 1 fully saturated rings. The highest BCUT2D eigenvalue weighted by atomic mass is 35.5. The van der Waals surface area contributed by atoms with Crippen molar-refractivity contribution in [3.63, 3.8) is 0 Å². The van der Waals surface area contributed by atoms with Crippen LogP contribution in [0.25, 0.3) is 11.4 Å². The number of nitrogens with one attached hydrogen (secondary N) is 1. The van der Waals surface area contributed by atoms with Gasteiger partial charge >= 0.3 is 0 Å². The molecule has 0 radical (unpaired) electrons. The molecule has 7 heteroatoms. The summed E-state index contributed by atoms with van der Waals surface area (Å²) in [4.78, 5) is 12.3. The average Bonchev–Trinajstić information content (AvgIpc) is 2.97. The molecule has 1 aliphatic rings. The average molecular weight is 379 g/mol. The summed E-state index contributed by atoms with van der Waals surface area (Å²) in [5, 5.41) is 13.0. The molecule has 1 aromatic heterocycles. The Bertz CT molecular complexity index is 731. The van der Waals surface area contributed by atoms with E-state index < -0.39 is 0 Å². The Morgan fingerprint density at radius 2 is 2.00 bits per heavy atom. The SMILES string of the molecule is C[C@@H]1CCCC[C@H]1NC(=O)CSc1nnc(-c2ccc(Cl)cc2)n1C. The minimum atomic E-state index is 0.0693. The first-order valence-electron chi connectivity index (χ1n) is 8.62. The summed E-state index contributed by atoms with van der Waals surface area (Å²) < 4.78 is 1.91. The van der Waals surface area contributed by atoms with Crippen molar-refractivity contribution < 1.29 is 4.79 Å². The van der Waals surface area contributed by atoms with E-state index in [1.165, 1.54) is 31.0 Å². The lowest BCUT2D eigenvalue weighted by Crippen LogP contribution is -2.41. The molecule has 3 rings (SSSR count). The van der Waals surface area contributed by atoms with Gasteiger partial charge in [0.25, 0.3) is 0 Å². The number of thioether (sulfide) groups is 1. The van der Waals surface area contributed by atoms with Crippen LogP contribution in [0.15, 0.2) is 29.4 Å². The van der Waals surface area contributed by atoms with E-state index in [-0.39, 0.29) is 5.91 Å². The molecule has 1 N–H and O–H groups in total. The molecular formula is C18H23ClN4OS. The predicted molar refractivity (Wildman–Crippen MR) is 102 cm³/mol. The van der Waals surface area contributed by atoms with Gasteiger partial charge in [0.05, 0.1) is 5.75 Å². The molecule has 0 unspecified atom stereocenters. The fourth-order valence-corrected chi connectivity index (χ4v) is 4.05. The van der Waals surface area contributed by atoms with Crippen molar-refractivity contribution >= 4 is 29.3 Å². The van der Waals surface area contributed by atoms with E-state index in [1.54, 1.807) is 0 Å². The van der Waals surface area contributed by atoms with Crippen molar-refractivity contribution in [2.75, 3.05) is 5.75 Å². The maximum absolute atomic E-state index is 12.3. The number of hydrogen-bond donors (Lipinski definition) is 1. The molecular weight excluding hydrogens is 356 g/mol. The molecule has 1 saturated carbocycles. The second-order valence-electron chi connectivity index (χ2n) is 6.60. The highest BCUT2D eigenvalue weighted by molar-refractivity contribution is 7.99. The van der Waals surface area contributed by atoms with E-state index in [4.69, 9.17) is 11.6 Å². The first-order chi connectivity index (χ1) is 12.0. The van der Waals surface area contributed by atoms with E-state index in [9.17, 15) is 4.79 Å². The summed E-state index contributed by atoms with van der Waals surface area (Å²) in [5.74, 6) is 1.75. The fraction of sp³-hybridized carbons (Fsp3) is 0.500. The van der Waals surface area contributed by atoms with Crippen molar-refractivity contribution in [2.24, 2.45) is 13.0 Å². The summed E-state index contributed by atoms with van der Waals surface area (Å²) in [6.45, 7) is 2.22. The monoisotopic (exact) mass is 378 g/mol. The molecule has 0 aliphatic heterocycles. The van der Waals surface area contributed by atoms with Gasteiger partial charge in [0.15, 0.2) is 11.0 Å². The van der Waals surface area contributed by atoms with Crippen LogP contribution in [-0.4, -0.2) is 32.5 Å². The Hall–Kier alpha value is -1.53. The molecule has 0 bridgehead atoms. The third-order valence-corrected chi connectivity index (χ3v) is 6.00. The van der Waals surface area contributed by atoms with Crippen molar-refractivity contribution in [3.05, 3.63) is 29.3 Å². The van der Waals surface area contributed by atoms with E-state index >= 15 is 0 Å². The number of halogens is 1. The van der Waals surface area contributed by atoms with Crippen LogP contribution in [0.3, 0.4) is 0 Å². The summed E-state index contributed by atoms with van der Waals surface area (Å²) >= 11 is 7.34. The number of nitrogens with zero attached hydrogens (tertiary/aromatic N) is 3. The highest BCUT2D eigenvalue weighted by Gasteiger charge is 2.23. The quantitative estimate of drug-likeness (QED) is 0.801. The van der Waals surface area contributed by atoms with Gasteiger partial charge in [0.1, 0.15) is 0 Å². The molecule has 1 amide bonds. The normalized spacial score (nSPS) is 20.4. The van der Waals surface area contributed by atoms with Crippen molar-refractivity contribution in [2.45, 2.75) is 43.8 Å². The maximum Gasteiger partial charge on any atom is 0.230 e. The summed E-state index contributed by atoms with van der Waals surface area (Å²) in [5.41, 5.74) is 0.951. The van der Waals surface area contributed by atoms with Crippen molar-refractivity contribution in [1.29, 1.82) is 0 Å². The fourth-order valence-electron chi connectivity index (χ4n) is 3.20. The number of benzene rings is 1. The van der Waals surface area contributed by atoms with Crippen molar-refractivity contribution in [3.8, 4) is 11.4 Å². The first kappa shape index (κ1) is 18.3. The number of carbonyl (C=O) groups is 1. The number of hydrogen-bond acceptors (Lipinski definition) is 4. The van der Waals surface area contributed by atoms with Crippen LogP contribution in [0.5, 0.6) is 0 Å². The van der Waals surface area contributed by atoms with Gasteiger partial charge < -0.3 is 9.88 Å². The van der Waals surface area contributed by atoms with Gasteiger partial charge in [-0.05, 0) is 43.0 Å². The predicted octanol–water partition coefficient (Wildman–Crippen LogP) is 3.92. The summed E-state index contributed by atoms with van der Waals surface area (Å²) in [7, 11) is 1.91. The Balaban J connectivity index is 1.58. The molecule has 5 nitrogen and oxygen atoms in total. The minimum Gasteiger partial charge on any atom is -0.352 e. The zero-order valence-corrected chi connectivity index (χ0v) is 16.1. The van der Waals surface area contributed by atoms with E-state index in [1.807, 2.05) is 35.9 Å². The summed E-state index contributed by atoms with van der Waals surface area (Å²) in [6.07, 6.45) is 4.76. The van der Waals surface area contributed by atoms with Gasteiger partial charge in [-0.15, -0.1) is 10.2 Å². The molecule has 2 atom stereocenters. The maximum atomic E-state index is 12.3. The lowest BCUT2D eigenvalue weighted by Gasteiger charge is -2.29. The molecule has 25 heavy (non-hydrogen) atoms. The molecule has 134 valence electrons. The first-order valence-corrected chi connectivity index (χ1v) is 9.98. The topological polar surface area (TPSA) is 59.8 Å². The largest absolute Gasteiger partial charge is 0.352 e. The van der Waals surface area contributed by atoms with Gasteiger partial charge in [0.2, 0.25) is 5.91 Å². The van der Waals surface area contributed by atoms with Crippen LogP contribution >= 0.6 is 23.4 Å². The number of carbonyl (C=O) groups excluding carboxylic acids is 1. The third-order valence-electron chi connectivity index (χ3n) is 4.73. The van der Waals surface area contributed by atoms with E-state index in [0.29, 0.717) is 22.7 Å². The van der Waals surface area contributed by atoms with Crippen LogP contribution in [-0.2, 0) is 11.8 Å². The standard InChI is InChI=1S/C18H23ClN4OS/c1-12-5-3-4-6-15(12)20-16(24)11-25-18-22-21-17(23(18)2)13-7-9-14(19)10-8-13/h7-10,12,15H,3-6,11H2,1-2H3,(H,20,24)/t12-,15-/m1/s1. The van der Waals surface area contributed by atoms with E-state index in [2.05, 4.69) is 22.4 Å². The lowest BCUT2D eigenvalue weighted by molar-refractivity contribution is -0.119.